The lowest BCUT2D eigenvalue weighted by atomic mass is 10.00. The normalized spacial score (nSPS) is 20.4. The average molecular weight is 275 g/mol. The maximum absolute atomic E-state index is 11.9. The largest absolute Gasteiger partial charge is 0.465 e. The van der Waals surface area contributed by atoms with Crippen LogP contribution in [0.5, 0.6) is 0 Å². The van der Waals surface area contributed by atoms with Crippen LogP contribution in [0.4, 0.5) is 0 Å². The fourth-order valence-electron chi connectivity index (χ4n) is 1.89. The Balaban J connectivity index is 2.31. The maximum Gasteiger partial charge on any atom is 0.326 e. The first-order valence-corrected chi connectivity index (χ1v) is 7.72. The summed E-state index contributed by atoms with van der Waals surface area (Å²) in [5, 5.41) is 3.77. The Kier molecular flexibility index (Phi) is 7.04. The SMILES string of the molecule is CCOC(=O)C(C)(CCSC1CCOCC1)NC. The van der Waals surface area contributed by atoms with Gasteiger partial charge in [0.05, 0.1) is 6.61 Å². The molecule has 0 bridgehead atoms. The minimum atomic E-state index is -0.561. The van der Waals surface area contributed by atoms with E-state index in [1.807, 2.05) is 32.7 Å². The second-order valence-corrected chi connectivity index (χ2v) is 6.14. The van der Waals surface area contributed by atoms with Gasteiger partial charge in [0.25, 0.3) is 0 Å². The fraction of sp³-hybridized carbons (Fsp3) is 0.923. The monoisotopic (exact) mass is 275 g/mol. The molecule has 0 spiro atoms. The molecule has 1 saturated heterocycles. The van der Waals surface area contributed by atoms with Gasteiger partial charge < -0.3 is 14.8 Å². The van der Waals surface area contributed by atoms with Crippen LogP contribution in [0.1, 0.15) is 33.1 Å². The number of likely N-dealkylation sites (N-methyl/N-ethyl adjacent to an activating group) is 1. The highest BCUT2D eigenvalue weighted by Crippen LogP contribution is 2.25. The van der Waals surface area contributed by atoms with Gasteiger partial charge in [-0.3, -0.25) is 4.79 Å². The lowest BCUT2D eigenvalue weighted by Gasteiger charge is -2.28. The van der Waals surface area contributed by atoms with E-state index in [4.69, 9.17) is 9.47 Å². The summed E-state index contributed by atoms with van der Waals surface area (Å²) in [7, 11) is 1.82. The van der Waals surface area contributed by atoms with Crippen molar-refractivity contribution >= 4 is 17.7 Å². The van der Waals surface area contributed by atoms with Crippen molar-refractivity contribution in [2.45, 2.75) is 43.9 Å². The summed E-state index contributed by atoms with van der Waals surface area (Å²) < 4.78 is 10.4. The van der Waals surface area contributed by atoms with E-state index in [1.165, 1.54) is 0 Å². The molecule has 1 rings (SSSR count). The van der Waals surface area contributed by atoms with Crippen molar-refractivity contribution in [2.24, 2.45) is 0 Å². The van der Waals surface area contributed by atoms with Gasteiger partial charge >= 0.3 is 5.97 Å². The van der Waals surface area contributed by atoms with Gasteiger partial charge in [0, 0.05) is 18.5 Å². The van der Waals surface area contributed by atoms with Crippen LogP contribution in [0.25, 0.3) is 0 Å². The zero-order valence-electron chi connectivity index (χ0n) is 11.7. The molecule has 1 aliphatic heterocycles. The zero-order valence-corrected chi connectivity index (χ0v) is 12.5. The van der Waals surface area contributed by atoms with Crippen LogP contribution in [0.15, 0.2) is 0 Å². The summed E-state index contributed by atoms with van der Waals surface area (Å²) in [4.78, 5) is 11.9. The summed E-state index contributed by atoms with van der Waals surface area (Å²) in [6.07, 6.45) is 3.05. The van der Waals surface area contributed by atoms with Crippen LogP contribution in [0.3, 0.4) is 0 Å². The molecule has 0 amide bonds. The van der Waals surface area contributed by atoms with E-state index in [0.29, 0.717) is 11.9 Å². The van der Waals surface area contributed by atoms with Gasteiger partial charge in [-0.05, 0) is 45.9 Å². The van der Waals surface area contributed by atoms with Gasteiger partial charge in [-0.25, -0.2) is 0 Å². The molecule has 0 aliphatic carbocycles. The van der Waals surface area contributed by atoms with E-state index in [-0.39, 0.29) is 5.97 Å². The number of hydrogen-bond acceptors (Lipinski definition) is 5. The number of carbonyl (C=O) groups excluding carboxylic acids is 1. The molecule has 4 nitrogen and oxygen atoms in total. The van der Waals surface area contributed by atoms with Crippen molar-refractivity contribution in [1.29, 1.82) is 0 Å². The van der Waals surface area contributed by atoms with Gasteiger partial charge in [-0.2, -0.15) is 11.8 Å². The zero-order chi connectivity index (χ0) is 13.4. The highest BCUT2D eigenvalue weighted by atomic mass is 32.2. The van der Waals surface area contributed by atoms with Crippen LogP contribution < -0.4 is 5.32 Å². The van der Waals surface area contributed by atoms with Crippen molar-refractivity contribution in [2.75, 3.05) is 32.6 Å². The number of carbonyl (C=O) groups is 1. The summed E-state index contributed by atoms with van der Waals surface area (Å²) in [6, 6.07) is 0. The third-order valence-corrected chi connectivity index (χ3v) is 4.78. The average Bonchev–Trinajstić information content (AvgIpc) is 2.40. The third-order valence-electron chi connectivity index (χ3n) is 3.40. The van der Waals surface area contributed by atoms with E-state index in [0.717, 1.165) is 38.2 Å². The second-order valence-electron chi connectivity index (χ2n) is 4.74. The molecule has 0 saturated carbocycles. The molecule has 1 unspecified atom stereocenters. The quantitative estimate of drug-likeness (QED) is 0.718. The molecule has 0 aromatic carbocycles. The Morgan fingerprint density at radius 2 is 2.17 bits per heavy atom. The molecular formula is C13H25NO3S. The van der Waals surface area contributed by atoms with Gasteiger partial charge in [-0.1, -0.05) is 0 Å². The summed E-state index contributed by atoms with van der Waals surface area (Å²) >= 11 is 1.95. The van der Waals surface area contributed by atoms with Crippen LogP contribution in [-0.2, 0) is 14.3 Å². The highest BCUT2D eigenvalue weighted by Gasteiger charge is 2.32. The summed E-state index contributed by atoms with van der Waals surface area (Å²) in [5.74, 6) is 0.820. The lowest BCUT2D eigenvalue weighted by molar-refractivity contribution is -0.150. The molecule has 106 valence electrons. The first-order chi connectivity index (χ1) is 8.62. The minimum Gasteiger partial charge on any atom is -0.465 e. The van der Waals surface area contributed by atoms with E-state index in [9.17, 15) is 4.79 Å². The second kappa shape index (κ2) is 8.02. The topological polar surface area (TPSA) is 47.6 Å². The fourth-order valence-corrected chi connectivity index (χ4v) is 3.28. The van der Waals surface area contributed by atoms with E-state index >= 15 is 0 Å². The van der Waals surface area contributed by atoms with Gasteiger partial charge in [0.2, 0.25) is 0 Å². The predicted molar refractivity (Wildman–Crippen MR) is 75.0 cm³/mol. The van der Waals surface area contributed by atoms with Crippen molar-refractivity contribution in [3.8, 4) is 0 Å². The van der Waals surface area contributed by atoms with E-state index in [1.54, 1.807) is 0 Å². The molecule has 18 heavy (non-hydrogen) atoms. The standard InChI is InChI=1S/C13H25NO3S/c1-4-17-12(15)13(2,14-3)7-10-18-11-5-8-16-9-6-11/h11,14H,4-10H2,1-3H3. The number of thioether (sulfide) groups is 1. The number of ether oxygens (including phenoxy) is 2. The number of nitrogens with one attached hydrogen (secondary N) is 1. The lowest BCUT2D eigenvalue weighted by Crippen LogP contribution is -2.49. The van der Waals surface area contributed by atoms with Crippen molar-refractivity contribution in [1.82, 2.24) is 5.32 Å². The van der Waals surface area contributed by atoms with Crippen LogP contribution >= 0.6 is 11.8 Å². The molecular weight excluding hydrogens is 250 g/mol. The van der Waals surface area contributed by atoms with Crippen molar-refractivity contribution in [3.63, 3.8) is 0 Å². The molecule has 0 radical (unpaired) electrons. The van der Waals surface area contributed by atoms with Crippen LogP contribution in [0.2, 0.25) is 0 Å². The summed E-state index contributed by atoms with van der Waals surface area (Å²) in [6.45, 7) is 5.93. The maximum atomic E-state index is 11.9. The van der Waals surface area contributed by atoms with Gasteiger partial charge in [0.1, 0.15) is 5.54 Å². The number of esters is 1. The first kappa shape index (κ1) is 15.8. The number of hydrogen-bond donors (Lipinski definition) is 1. The van der Waals surface area contributed by atoms with Gasteiger partial charge in [-0.15, -0.1) is 0 Å². The Bertz CT molecular complexity index is 257. The molecule has 1 heterocycles. The first-order valence-electron chi connectivity index (χ1n) is 6.68. The Morgan fingerprint density at radius 1 is 1.50 bits per heavy atom. The molecule has 0 aromatic heterocycles. The molecule has 1 aliphatic rings. The Morgan fingerprint density at radius 3 is 2.72 bits per heavy atom. The smallest absolute Gasteiger partial charge is 0.326 e. The molecule has 5 heteroatoms. The predicted octanol–water partition coefficient (Wildman–Crippen LogP) is 1.83. The Labute approximate surface area is 114 Å². The molecule has 1 fully saturated rings. The minimum absolute atomic E-state index is 0.153. The van der Waals surface area contributed by atoms with Crippen molar-refractivity contribution in [3.05, 3.63) is 0 Å². The summed E-state index contributed by atoms with van der Waals surface area (Å²) in [5.41, 5.74) is -0.561. The van der Waals surface area contributed by atoms with E-state index < -0.39 is 5.54 Å². The van der Waals surface area contributed by atoms with E-state index in [2.05, 4.69) is 5.32 Å². The van der Waals surface area contributed by atoms with Gasteiger partial charge in [0.15, 0.2) is 0 Å². The third kappa shape index (κ3) is 4.78. The molecule has 1 N–H and O–H groups in total. The number of rotatable bonds is 7. The highest BCUT2D eigenvalue weighted by molar-refractivity contribution is 7.99. The molecule has 0 aromatic rings. The van der Waals surface area contributed by atoms with Crippen molar-refractivity contribution < 1.29 is 14.3 Å². The molecule has 1 atom stereocenters. The Hall–Kier alpha value is -0.260. The van der Waals surface area contributed by atoms with Crippen LogP contribution in [0, 0.1) is 0 Å². The van der Waals surface area contributed by atoms with Crippen LogP contribution in [-0.4, -0.2) is 49.4 Å².